The van der Waals surface area contributed by atoms with Crippen LogP contribution < -0.4 is 10.5 Å². The second-order valence-electron chi connectivity index (χ2n) is 4.93. The average Bonchev–Trinajstić information content (AvgIpc) is 2.45. The number of aryl methyl sites for hydroxylation is 1. The highest BCUT2D eigenvalue weighted by Crippen LogP contribution is 2.21. The van der Waals surface area contributed by atoms with Gasteiger partial charge in [0.1, 0.15) is 18.2 Å². The largest absolute Gasteiger partial charge is 0.489 e. The third kappa shape index (κ3) is 3.58. The quantitative estimate of drug-likeness (QED) is 0.894. The fourth-order valence-corrected chi connectivity index (χ4v) is 2.00. The summed E-state index contributed by atoms with van der Waals surface area (Å²) in [5.74, 6) is 0.199. The molecule has 3 heteroatoms. The molecular formula is C17H20FNO. The lowest BCUT2D eigenvalue weighted by atomic mass is 10.1. The van der Waals surface area contributed by atoms with Crippen LogP contribution in [0.25, 0.3) is 0 Å². The minimum Gasteiger partial charge on any atom is -0.489 e. The monoisotopic (exact) mass is 273 g/mol. The maximum absolute atomic E-state index is 13.8. The molecular weight excluding hydrogens is 253 g/mol. The van der Waals surface area contributed by atoms with Crippen LogP contribution in [0.3, 0.4) is 0 Å². The number of hydrogen-bond acceptors (Lipinski definition) is 2. The molecule has 0 fully saturated rings. The van der Waals surface area contributed by atoms with Gasteiger partial charge in [-0.15, -0.1) is 0 Å². The van der Waals surface area contributed by atoms with E-state index in [-0.39, 0.29) is 11.9 Å². The molecule has 2 rings (SSSR count). The van der Waals surface area contributed by atoms with E-state index in [1.807, 2.05) is 12.1 Å². The zero-order valence-corrected chi connectivity index (χ0v) is 11.9. The van der Waals surface area contributed by atoms with Crippen LogP contribution in [0.5, 0.6) is 5.75 Å². The highest BCUT2D eigenvalue weighted by molar-refractivity contribution is 5.31. The summed E-state index contributed by atoms with van der Waals surface area (Å²) in [4.78, 5) is 0. The molecule has 0 unspecified atom stereocenters. The van der Waals surface area contributed by atoms with Gasteiger partial charge in [0, 0.05) is 17.7 Å². The SMILES string of the molecule is CCc1ccc(COc2ccc([C@@H](C)N)c(F)c2)cc1. The maximum Gasteiger partial charge on any atom is 0.131 e. The number of nitrogens with two attached hydrogens (primary N) is 1. The van der Waals surface area contributed by atoms with E-state index in [2.05, 4.69) is 19.1 Å². The molecule has 0 amide bonds. The molecule has 0 radical (unpaired) electrons. The Balaban J connectivity index is 2.01. The average molecular weight is 273 g/mol. The van der Waals surface area contributed by atoms with Crippen LogP contribution in [-0.2, 0) is 13.0 Å². The first-order chi connectivity index (χ1) is 9.60. The molecule has 0 aliphatic carbocycles. The van der Waals surface area contributed by atoms with Crippen molar-refractivity contribution in [2.75, 3.05) is 0 Å². The second kappa shape index (κ2) is 6.53. The molecule has 2 nitrogen and oxygen atoms in total. The smallest absolute Gasteiger partial charge is 0.131 e. The third-order valence-corrected chi connectivity index (χ3v) is 3.30. The number of hydrogen-bond donors (Lipinski definition) is 1. The predicted octanol–water partition coefficient (Wildman–Crippen LogP) is 3.99. The van der Waals surface area contributed by atoms with Crippen LogP contribution in [0.4, 0.5) is 4.39 Å². The Morgan fingerprint density at radius 2 is 1.75 bits per heavy atom. The van der Waals surface area contributed by atoms with Gasteiger partial charge in [-0.1, -0.05) is 37.3 Å². The van der Waals surface area contributed by atoms with Gasteiger partial charge in [0.15, 0.2) is 0 Å². The van der Waals surface area contributed by atoms with Crippen molar-refractivity contribution in [3.05, 3.63) is 65.0 Å². The van der Waals surface area contributed by atoms with Gasteiger partial charge in [-0.25, -0.2) is 4.39 Å². The van der Waals surface area contributed by atoms with Gasteiger partial charge in [0.05, 0.1) is 0 Å². The molecule has 2 aromatic rings. The van der Waals surface area contributed by atoms with E-state index in [9.17, 15) is 4.39 Å². The molecule has 0 aliphatic heterocycles. The van der Waals surface area contributed by atoms with Gasteiger partial charge >= 0.3 is 0 Å². The molecule has 0 saturated carbocycles. The molecule has 0 heterocycles. The Bertz CT molecular complexity index is 564. The molecule has 20 heavy (non-hydrogen) atoms. The second-order valence-corrected chi connectivity index (χ2v) is 4.93. The standard InChI is InChI=1S/C17H20FNO/c1-3-13-4-6-14(7-5-13)11-20-15-8-9-16(12(2)19)17(18)10-15/h4-10,12H,3,11,19H2,1-2H3/t12-/m1/s1. The van der Waals surface area contributed by atoms with Crippen LogP contribution in [0.2, 0.25) is 0 Å². The maximum atomic E-state index is 13.8. The Labute approximate surface area is 119 Å². The van der Waals surface area contributed by atoms with E-state index < -0.39 is 0 Å². The van der Waals surface area contributed by atoms with Gasteiger partial charge in [0.2, 0.25) is 0 Å². The van der Waals surface area contributed by atoms with Gasteiger partial charge in [-0.05, 0) is 30.5 Å². The summed E-state index contributed by atoms with van der Waals surface area (Å²) in [5.41, 5.74) is 8.54. The topological polar surface area (TPSA) is 35.2 Å². The summed E-state index contributed by atoms with van der Waals surface area (Å²) in [5, 5.41) is 0. The van der Waals surface area contributed by atoms with Crippen LogP contribution >= 0.6 is 0 Å². The summed E-state index contributed by atoms with van der Waals surface area (Å²) >= 11 is 0. The van der Waals surface area contributed by atoms with Gasteiger partial charge < -0.3 is 10.5 Å². The summed E-state index contributed by atoms with van der Waals surface area (Å²) in [6.45, 7) is 4.31. The fraction of sp³-hybridized carbons (Fsp3) is 0.294. The Kier molecular flexibility index (Phi) is 4.74. The summed E-state index contributed by atoms with van der Waals surface area (Å²) < 4.78 is 19.4. The summed E-state index contributed by atoms with van der Waals surface area (Å²) in [6, 6.07) is 12.7. The van der Waals surface area contributed by atoms with Crippen LogP contribution in [0, 0.1) is 5.82 Å². The molecule has 0 aliphatic rings. The molecule has 2 aromatic carbocycles. The van der Waals surface area contributed by atoms with E-state index in [0.717, 1.165) is 12.0 Å². The molecule has 1 atom stereocenters. The zero-order chi connectivity index (χ0) is 14.5. The first-order valence-electron chi connectivity index (χ1n) is 6.85. The zero-order valence-electron chi connectivity index (χ0n) is 11.9. The normalized spacial score (nSPS) is 12.2. The Hall–Kier alpha value is -1.87. The first kappa shape index (κ1) is 14.5. The molecule has 0 aromatic heterocycles. The predicted molar refractivity (Wildman–Crippen MR) is 79.2 cm³/mol. The minimum atomic E-state index is -0.321. The minimum absolute atomic E-state index is 0.314. The first-order valence-corrected chi connectivity index (χ1v) is 6.85. The molecule has 106 valence electrons. The van der Waals surface area contributed by atoms with Gasteiger partial charge in [0.25, 0.3) is 0 Å². The number of ether oxygens (including phenoxy) is 1. The van der Waals surface area contributed by atoms with Crippen molar-refractivity contribution in [2.24, 2.45) is 5.73 Å². The third-order valence-electron chi connectivity index (χ3n) is 3.30. The van der Waals surface area contributed by atoms with Crippen LogP contribution in [-0.4, -0.2) is 0 Å². The number of halogens is 1. The van der Waals surface area contributed by atoms with Crippen molar-refractivity contribution in [3.8, 4) is 5.75 Å². The van der Waals surface area contributed by atoms with Crippen molar-refractivity contribution >= 4 is 0 Å². The van der Waals surface area contributed by atoms with E-state index in [4.69, 9.17) is 10.5 Å². The molecule has 0 saturated heterocycles. The van der Waals surface area contributed by atoms with Gasteiger partial charge in [-0.3, -0.25) is 0 Å². The van der Waals surface area contributed by atoms with Crippen LogP contribution in [0.15, 0.2) is 42.5 Å². The fourth-order valence-electron chi connectivity index (χ4n) is 2.00. The van der Waals surface area contributed by atoms with Crippen LogP contribution in [0.1, 0.15) is 36.6 Å². The molecule has 0 spiro atoms. The van der Waals surface area contributed by atoms with E-state index >= 15 is 0 Å². The lowest BCUT2D eigenvalue weighted by molar-refractivity contribution is 0.304. The van der Waals surface area contributed by atoms with Crippen molar-refractivity contribution in [3.63, 3.8) is 0 Å². The van der Waals surface area contributed by atoms with Crippen molar-refractivity contribution in [2.45, 2.75) is 32.9 Å². The van der Waals surface area contributed by atoms with Crippen molar-refractivity contribution in [1.82, 2.24) is 0 Å². The highest BCUT2D eigenvalue weighted by atomic mass is 19.1. The Morgan fingerprint density at radius 3 is 2.30 bits per heavy atom. The summed E-state index contributed by atoms with van der Waals surface area (Å²) in [7, 11) is 0. The lowest BCUT2D eigenvalue weighted by Gasteiger charge is -2.10. The van der Waals surface area contributed by atoms with E-state index in [0.29, 0.717) is 17.9 Å². The number of benzene rings is 2. The van der Waals surface area contributed by atoms with E-state index in [1.165, 1.54) is 11.6 Å². The van der Waals surface area contributed by atoms with Crippen molar-refractivity contribution in [1.29, 1.82) is 0 Å². The van der Waals surface area contributed by atoms with Gasteiger partial charge in [-0.2, -0.15) is 0 Å². The lowest BCUT2D eigenvalue weighted by Crippen LogP contribution is -2.07. The van der Waals surface area contributed by atoms with E-state index in [1.54, 1.807) is 19.1 Å². The number of rotatable bonds is 5. The summed E-state index contributed by atoms with van der Waals surface area (Å²) in [6.07, 6.45) is 1.02. The Morgan fingerprint density at radius 1 is 1.10 bits per heavy atom. The van der Waals surface area contributed by atoms with Crippen molar-refractivity contribution < 1.29 is 9.13 Å². The highest BCUT2D eigenvalue weighted by Gasteiger charge is 2.08. The molecule has 2 N–H and O–H groups in total. The molecule has 0 bridgehead atoms.